The molecule has 0 bridgehead atoms. The van der Waals surface area contributed by atoms with Crippen molar-refractivity contribution >= 4 is 27.5 Å². The Hall–Kier alpha value is -0.0900. The van der Waals surface area contributed by atoms with Crippen LogP contribution >= 0.6 is 27.5 Å². The van der Waals surface area contributed by atoms with Crippen molar-refractivity contribution in [1.82, 2.24) is 5.32 Å². The van der Waals surface area contributed by atoms with Crippen LogP contribution in [0.2, 0.25) is 5.02 Å². The van der Waals surface area contributed by atoms with Gasteiger partial charge in [-0.25, -0.2) is 0 Å². The zero-order valence-electron chi connectivity index (χ0n) is 11.0. The smallest absolute Gasteiger partial charge is 0.0551 e. The molecule has 1 aromatic carbocycles. The normalized spacial score (nSPS) is 11.8. The molecular formula is C14H21BrClNO. The van der Waals surface area contributed by atoms with Crippen LogP contribution in [0.4, 0.5) is 0 Å². The highest BCUT2D eigenvalue weighted by Crippen LogP contribution is 2.25. The molecule has 0 amide bonds. The van der Waals surface area contributed by atoms with Crippen LogP contribution in [-0.2, 0) is 6.54 Å². The second-order valence-electron chi connectivity index (χ2n) is 4.72. The molecule has 1 rings (SSSR count). The number of hydrogen-bond acceptors (Lipinski definition) is 2. The number of nitrogens with one attached hydrogen (secondary N) is 1. The van der Waals surface area contributed by atoms with Crippen molar-refractivity contribution in [2.24, 2.45) is 5.41 Å². The fourth-order valence-corrected chi connectivity index (χ4v) is 2.35. The number of benzene rings is 1. The van der Waals surface area contributed by atoms with E-state index in [-0.39, 0.29) is 12.0 Å². The summed E-state index contributed by atoms with van der Waals surface area (Å²) in [4.78, 5) is 0. The van der Waals surface area contributed by atoms with E-state index in [2.05, 4.69) is 35.1 Å². The number of rotatable bonds is 7. The largest absolute Gasteiger partial charge is 0.396 e. The average molecular weight is 335 g/mol. The van der Waals surface area contributed by atoms with Gasteiger partial charge in [-0.05, 0) is 46.5 Å². The highest BCUT2D eigenvalue weighted by molar-refractivity contribution is 9.10. The Morgan fingerprint density at radius 1 is 1.33 bits per heavy atom. The van der Waals surface area contributed by atoms with Crippen molar-refractivity contribution in [2.45, 2.75) is 33.2 Å². The number of halogens is 2. The SMILES string of the molecule is CCC(CC)(CO)CNCc1ccc(Br)c(Cl)c1. The molecule has 0 fully saturated rings. The predicted molar refractivity (Wildman–Crippen MR) is 81.0 cm³/mol. The van der Waals surface area contributed by atoms with Gasteiger partial charge >= 0.3 is 0 Å². The van der Waals surface area contributed by atoms with Crippen molar-refractivity contribution in [1.29, 1.82) is 0 Å². The van der Waals surface area contributed by atoms with Gasteiger partial charge in [0, 0.05) is 29.6 Å². The Bertz CT molecular complexity index is 372. The van der Waals surface area contributed by atoms with Gasteiger partial charge in [-0.1, -0.05) is 31.5 Å². The molecule has 0 aliphatic carbocycles. The van der Waals surface area contributed by atoms with Crippen molar-refractivity contribution in [3.8, 4) is 0 Å². The number of hydrogen-bond donors (Lipinski definition) is 2. The zero-order valence-corrected chi connectivity index (χ0v) is 13.3. The van der Waals surface area contributed by atoms with Gasteiger partial charge in [-0.15, -0.1) is 0 Å². The van der Waals surface area contributed by atoms with E-state index >= 15 is 0 Å². The molecule has 102 valence electrons. The summed E-state index contributed by atoms with van der Waals surface area (Å²) in [5.41, 5.74) is 1.15. The molecule has 0 radical (unpaired) electrons. The highest BCUT2D eigenvalue weighted by atomic mass is 79.9. The minimum atomic E-state index is -0.000835. The van der Waals surface area contributed by atoms with Crippen LogP contribution in [0.1, 0.15) is 32.3 Å². The van der Waals surface area contributed by atoms with E-state index in [0.717, 1.165) is 41.0 Å². The second kappa shape index (κ2) is 7.49. The molecule has 0 heterocycles. The van der Waals surface area contributed by atoms with Crippen molar-refractivity contribution < 1.29 is 5.11 Å². The summed E-state index contributed by atoms with van der Waals surface area (Å²) in [5, 5.41) is 13.6. The third-order valence-electron chi connectivity index (χ3n) is 3.65. The number of aliphatic hydroxyl groups excluding tert-OH is 1. The van der Waals surface area contributed by atoms with Gasteiger partial charge < -0.3 is 10.4 Å². The maximum absolute atomic E-state index is 9.49. The molecule has 0 saturated heterocycles. The lowest BCUT2D eigenvalue weighted by atomic mass is 9.83. The molecule has 0 aliphatic heterocycles. The minimum Gasteiger partial charge on any atom is -0.396 e. The average Bonchev–Trinajstić information content (AvgIpc) is 2.39. The van der Waals surface area contributed by atoms with E-state index in [1.165, 1.54) is 0 Å². The zero-order chi connectivity index (χ0) is 13.6. The molecule has 0 aliphatic rings. The maximum Gasteiger partial charge on any atom is 0.0551 e. The van der Waals surface area contributed by atoms with E-state index in [0.29, 0.717) is 0 Å². The summed E-state index contributed by atoms with van der Waals surface area (Å²) in [6.07, 6.45) is 1.96. The van der Waals surface area contributed by atoms with E-state index in [1.807, 2.05) is 18.2 Å². The Morgan fingerprint density at radius 2 is 2.00 bits per heavy atom. The molecule has 0 saturated carbocycles. The lowest BCUT2D eigenvalue weighted by Crippen LogP contribution is -2.36. The van der Waals surface area contributed by atoms with E-state index < -0.39 is 0 Å². The van der Waals surface area contributed by atoms with Gasteiger partial charge in [-0.3, -0.25) is 0 Å². The topological polar surface area (TPSA) is 32.3 Å². The summed E-state index contributed by atoms with van der Waals surface area (Å²) in [5.74, 6) is 0. The van der Waals surface area contributed by atoms with Crippen molar-refractivity contribution in [3.05, 3.63) is 33.3 Å². The third kappa shape index (κ3) is 4.23. The van der Waals surface area contributed by atoms with Gasteiger partial charge in [0.15, 0.2) is 0 Å². The first kappa shape index (κ1) is 16.0. The molecule has 0 atom stereocenters. The van der Waals surface area contributed by atoms with Crippen LogP contribution in [0.5, 0.6) is 0 Å². The first-order valence-electron chi connectivity index (χ1n) is 6.32. The summed E-state index contributed by atoms with van der Waals surface area (Å²) < 4.78 is 0.916. The standard InChI is InChI=1S/C14H21BrClNO/c1-3-14(4-2,10-18)9-17-8-11-5-6-12(15)13(16)7-11/h5-7,17-18H,3-4,8-10H2,1-2H3. The Kier molecular flexibility index (Phi) is 6.64. The van der Waals surface area contributed by atoms with Crippen LogP contribution in [0, 0.1) is 5.41 Å². The first-order valence-corrected chi connectivity index (χ1v) is 7.49. The monoisotopic (exact) mass is 333 g/mol. The Labute approximate surface area is 123 Å². The van der Waals surface area contributed by atoms with Crippen LogP contribution in [0.15, 0.2) is 22.7 Å². The fourth-order valence-electron chi connectivity index (χ4n) is 1.90. The molecule has 2 nitrogen and oxygen atoms in total. The van der Waals surface area contributed by atoms with Gasteiger partial charge in [0.2, 0.25) is 0 Å². The summed E-state index contributed by atoms with van der Waals surface area (Å²) in [6, 6.07) is 5.96. The summed E-state index contributed by atoms with van der Waals surface area (Å²) >= 11 is 9.43. The summed E-state index contributed by atoms with van der Waals surface area (Å²) in [6.45, 7) is 6.07. The van der Waals surface area contributed by atoms with E-state index in [4.69, 9.17) is 11.6 Å². The van der Waals surface area contributed by atoms with Gasteiger partial charge in [0.05, 0.1) is 5.02 Å². The molecule has 0 aromatic heterocycles. The first-order chi connectivity index (χ1) is 8.56. The van der Waals surface area contributed by atoms with Gasteiger partial charge in [-0.2, -0.15) is 0 Å². The molecule has 1 aromatic rings. The minimum absolute atomic E-state index is 0.000835. The van der Waals surface area contributed by atoms with Crippen LogP contribution in [-0.4, -0.2) is 18.3 Å². The highest BCUT2D eigenvalue weighted by Gasteiger charge is 2.24. The van der Waals surface area contributed by atoms with Crippen molar-refractivity contribution in [2.75, 3.05) is 13.2 Å². The van der Waals surface area contributed by atoms with Crippen LogP contribution in [0.25, 0.3) is 0 Å². The lowest BCUT2D eigenvalue weighted by Gasteiger charge is -2.29. The van der Waals surface area contributed by atoms with E-state index in [1.54, 1.807) is 0 Å². The van der Waals surface area contributed by atoms with E-state index in [9.17, 15) is 5.11 Å². The predicted octanol–water partition coefficient (Wildman–Crippen LogP) is 3.99. The van der Waals surface area contributed by atoms with Crippen LogP contribution < -0.4 is 5.32 Å². The molecule has 18 heavy (non-hydrogen) atoms. The van der Waals surface area contributed by atoms with Gasteiger partial charge in [0.1, 0.15) is 0 Å². The summed E-state index contributed by atoms with van der Waals surface area (Å²) in [7, 11) is 0. The number of aliphatic hydroxyl groups is 1. The molecular weight excluding hydrogens is 314 g/mol. The Balaban J connectivity index is 2.52. The molecule has 2 N–H and O–H groups in total. The Morgan fingerprint density at radius 3 is 2.50 bits per heavy atom. The van der Waals surface area contributed by atoms with Gasteiger partial charge in [0.25, 0.3) is 0 Å². The molecule has 0 spiro atoms. The maximum atomic E-state index is 9.49. The lowest BCUT2D eigenvalue weighted by molar-refractivity contribution is 0.113. The third-order valence-corrected chi connectivity index (χ3v) is 4.88. The van der Waals surface area contributed by atoms with Crippen LogP contribution in [0.3, 0.4) is 0 Å². The fraction of sp³-hybridized carbons (Fsp3) is 0.571. The van der Waals surface area contributed by atoms with Crippen molar-refractivity contribution in [3.63, 3.8) is 0 Å². The molecule has 4 heteroatoms. The quantitative estimate of drug-likeness (QED) is 0.790. The molecule has 0 unspecified atom stereocenters. The second-order valence-corrected chi connectivity index (χ2v) is 5.98.